The molecule has 126 valence electrons. The largest absolute Gasteiger partial charge is 0.272 e. The fourth-order valence-electron chi connectivity index (χ4n) is 1.93. The molecule has 0 heterocycles. The first-order valence-electron chi connectivity index (χ1n) is 7.53. The SMILES string of the molecule is CC(C)c1ccc(C(=O)NNC(=O)CSc2ccc(Cl)cc2)cc1. The van der Waals surface area contributed by atoms with Crippen molar-refractivity contribution in [1.29, 1.82) is 0 Å². The van der Waals surface area contributed by atoms with E-state index in [0.717, 1.165) is 10.5 Å². The van der Waals surface area contributed by atoms with Crippen molar-refractivity contribution in [3.8, 4) is 0 Å². The summed E-state index contributed by atoms with van der Waals surface area (Å²) in [5.41, 5.74) is 6.50. The lowest BCUT2D eigenvalue weighted by Crippen LogP contribution is -2.42. The Morgan fingerprint density at radius 2 is 1.62 bits per heavy atom. The fourth-order valence-corrected chi connectivity index (χ4v) is 2.76. The minimum absolute atomic E-state index is 0.203. The molecule has 0 atom stereocenters. The molecule has 0 aromatic heterocycles. The molecule has 6 heteroatoms. The highest BCUT2D eigenvalue weighted by atomic mass is 35.5. The van der Waals surface area contributed by atoms with Crippen LogP contribution in [0.4, 0.5) is 0 Å². The van der Waals surface area contributed by atoms with E-state index >= 15 is 0 Å². The van der Waals surface area contributed by atoms with Crippen molar-refractivity contribution >= 4 is 35.2 Å². The number of rotatable bonds is 5. The molecule has 0 aliphatic carbocycles. The highest BCUT2D eigenvalue weighted by Crippen LogP contribution is 2.19. The molecule has 2 rings (SSSR count). The van der Waals surface area contributed by atoms with Gasteiger partial charge in [0, 0.05) is 15.5 Å². The number of hydrogen-bond donors (Lipinski definition) is 2. The molecule has 0 aliphatic rings. The van der Waals surface area contributed by atoms with Gasteiger partial charge in [-0.3, -0.25) is 20.4 Å². The summed E-state index contributed by atoms with van der Waals surface area (Å²) >= 11 is 7.18. The molecule has 2 N–H and O–H groups in total. The van der Waals surface area contributed by atoms with Gasteiger partial charge in [0.05, 0.1) is 5.75 Å². The highest BCUT2D eigenvalue weighted by molar-refractivity contribution is 8.00. The van der Waals surface area contributed by atoms with E-state index in [1.165, 1.54) is 11.8 Å². The van der Waals surface area contributed by atoms with E-state index in [0.29, 0.717) is 16.5 Å². The van der Waals surface area contributed by atoms with E-state index < -0.39 is 0 Å². The molecule has 0 aliphatic heterocycles. The van der Waals surface area contributed by atoms with Crippen molar-refractivity contribution in [2.45, 2.75) is 24.7 Å². The Balaban J connectivity index is 1.78. The number of hydrogen-bond acceptors (Lipinski definition) is 3. The molecule has 0 bridgehead atoms. The van der Waals surface area contributed by atoms with Crippen LogP contribution in [-0.4, -0.2) is 17.6 Å². The fraction of sp³-hybridized carbons (Fsp3) is 0.222. The number of amides is 2. The van der Waals surface area contributed by atoms with Crippen LogP contribution in [0.1, 0.15) is 35.7 Å². The molecule has 4 nitrogen and oxygen atoms in total. The van der Waals surface area contributed by atoms with Gasteiger partial charge in [-0.1, -0.05) is 37.6 Å². The lowest BCUT2D eigenvalue weighted by molar-refractivity contribution is -0.119. The van der Waals surface area contributed by atoms with Crippen molar-refractivity contribution in [2.75, 3.05) is 5.75 Å². The van der Waals surface area contributed by atoms with Crippen LogP contribution in [0.25, 0.3) is 0 Å². The van der Waals surface area contributed by atoms with Crippen molar-refractivity contribution in [3.63, 3.8) is 0 Å². The molecule has 0 radical (unpaired) electrons. The van der Waals surface area contributed by atoms with E-state index in [9.17, 15) is 9.59 Å². The summed E-state index contributed by atoms with van der Waals surface area (Å²) in [5, 5.41) is 0.652. The summed E-state index contributed by atoms with van der Waals surface area (Å²) in [7, 11) is 0. The average molecular weight is 363 g/mol. The smallest absolute Gasteiger partial charge is 0.269 e. The first kappa shape index (κ1) is 18.4. The van der Waals surface area contributed by atoms with Crippen molar-refractivity contribution in [2.24, 2.45) is 0 Å². The van der Waals surface area contributed by atoms with Gasteiger partial charge in [-0.05, 0) is 47.9 Å². The molecular weight excluding hydrogens is 344 g/mol. The number of carbonyl (C=O) groups excluding carboxylic acids is 2. The minimum atomic E-state index is -0.338. The van der Waals surface area contributed by atoms with Crippen LogP contribution in [-0.2, 0) is 4.79 Å². The average Bonchev–Trinajstić information content (AvgIpc) is 2.59. The Kier molecular flexibility index (Phi) is 6.70. The Labute approximate surface area is 150 Å². The monoisotopic (exact) mass is 362 g/mol. The van der Waals surface area contributed by atoms with Crippen molar-refractivity contribution in [1.82, 2.24) is 10.9 Å². The summed E-state index contributed by atoms with van der Waals surface area (Å²) in [6.45, 7) is 4.18. The van der Waals surface area contributed by atoms with Gasteiger partial charge < -0.3 is 0 Å². The van der Waals surface area contributed by atoms with Crippen LogP contribution < -0.4 is 10.9 Å². The second kappa shape index (κ2) is 8.76. The third-order valence-electron chi connectivity index (χ3n) is 3.34. The zero-order valence-corrected chi connectivity index (χ0v) is 15.1. The van der Waals surface area contributed by atoms with Crippen LogP contribution in [0.3, 0.4) is 0 Å². The zero-order chi connectivity index (χ0) is 17.5. The highest BCUT2D eigenvalue weighted by Gasteiger charge is 2.08. The summed E-state index contributed by atoms with van der Waals surface area (Å²) in [5.74, 6) is -0.00209. The van der Waals surface area contributed by atoms with Crippen LogP contribution in [0.2, 0.25) is 5.02 Å². The summed E-state index contributed by atoms with van der Waals surface area (Å²) in [6.07, 6.45) is 0. The first-order chi connectivity index (χ1) is 11.5. The maximum Gasteiger partial charge on any atom is 0.269 e. The maximum absolute atomic E-state index is 12.0. The quantitative estimate of drug-likeness (QED) is 0.624. The molecule has 0 saturated carbocycles. The summed E-state index contributed by atoms with van der Waals surface area (Å²) in [4.78, 5) is 24.7. The van der Waals surface area contributed by atoms with Crippen LogP contribution in [0, 0.1) is 0 Å². The van der Waals surface area contributed by atoms with Crippen LogP contribution in [0.5, 0.6) is 0 Å². The molecule has 0 saturated heterocycles. The molecule has 24 heavy (non-hydrogen) atoms. The lowest BCUT2D eigenvalue weighted by Gasteiger charge is -2.09. The first-order valence-corrected chi connectivity index (χ1v) is 8.89. The predicted octanol–water partition coefficient (Wildman–Crippen LogP) is 4.02. The van der Waals surface area contributed by atoms with Gasteiger partial charge >= 0.3 is 0 Å². The van der Waals surface area contributed by atoms with Gasteiger partial charge in [-0.25, -0.2) is 0 Å². The second-order valence-electron chi connectivity index (χ2n) is 5.52. The number of benzene rings is 2. The molecular formula is C18H19ClN2O2S. The Morgan fingerprint density at radius 1 is 1.00 bits per heavy atom. The van der Waals surface area contributed by atoms with Crippen molar-refractivity contribution < 1.29 is 9.59 Å². The molecule has 0 unspecified atom stereocenters. The van der Waals surface area contributed by atoms with E-state index in [2.05, 4.69) is 24.7 Å². The third kappa shape index (κ3) is 5.58. The number of nitrogens with one attached hydrogen (secondary N) is 2. The number of halogens is 1. The molecule has 2 amide bonds. The van der Waals surface area contributed by atoms with Gasteiger partial charge in [0.2, 0.25) is 5.91 Å². The Bertz CT molecular complexity index is 700. The van der Waals surface area contributed by atoms with E-state index in [1.807, 2.05) is 24.3 Å². The Morgan fingerprint density at radius 3 is 2.21 bits per heavy atom. The third-order valence-corrected chi connectivity index (χ3v) is 4.60. The standard InChI is InChI=1S/C18H19ClN2O2S/c1-12(2)13-3-5-14(6-4-13)18(23)21-20-17(22)11-24-16-9-7-15(19)8-10-16/h3-10,12H,11H2,1-2H3,(H,20,22)(H,21,23). The van der Waals surface area contributed by atoms with E-state index in [4.69, 9.17) is 11.6 Å². The van der Waals surface area contributed by atoms with Gasteiger partial charge in [-0.15, -0.1) is 11.8 Å². The van der Waals surface area contributed by atoms with Crippen LogP contribution in [0.15, 0.2) is 53.4 Å². The summed E-state index contributed by atoms with van der Waals surface area (Å²) < 4.78 is 0. The van der Waals surface area contributed by atoms with Crippen molar-refractivity contribution in [3.05, 3.63) is 64.7 Å². The van der Waals surface area contributed by atoms with Gasteiger partial charge in [0.15, 0.2) is 0 Å². The number of thioether (sulfide) groups is 1. The van der Waals surface area contributed by atoms with E-state index in [-0.39, 0.29) is 17.6 Å². The number of carbonyl (C=O) groups is 2. The molecule has 0 fully saturated rings. The van der Waals surface area contributed by atoms with Crippen LogP contribution >= 0.6 is 23.4 Å². The number of hydrazine groups is 1. The second-order valence-corrected chi connectivity index (χ2v) is 7.01. The van der Waals surface area contributed by atoms with Gasteiger partial charge in [0.25, 0.3) is 5.91 Å². The minimum Gasteiger partial charge on any atom is -0.272 e. The summed E-state index contributed by atoms with van der Waals surface area (Å²) in [6, 6.07) is 14.5. The van der Waals surface area contributed by atoms with Gasteiger partial charge in [-0.2, -0.15) is 0 Å². The molecule has 2 aromatic rings. The molecule has 2 aromatic carbocycles. The Hall–Kier alpha value is -1.98. The lowest BCUT2D eigenvalue weighted by atomic mass is 10.0. The maximum atomic E-state index is 12.0. The molecule has 0 spiro atoms. The van der Waals surface area contributed by atoms with E-state index in [1.54, 1.807) is 24.3 Å². The predicted molar refractivity (Wildman–Crippen MR) is 98.3 cm³/mol. The van der Waals surface area contributed by atoms with Gasteiger partial charge in [0.1, 0.15) is 0 Å². The normalized spacial score (nSPS) is 10.5. The topological polar surface area (TPSA) is 58.2 Å². The zero-order valence-electron chi connectivity index (χ0n) is 13.5.